The predicted octanol–water partition coefficient (Wildman–Crippen LogP) is 1.60. The summed E-state index contributed by atoms with van der Waals surface area (Å²) in [5, 5.41) is 3.25. The van der Waals surface area contributed by atoms with Crippen LogP contribution in [0.5, 0.6) is 5.75 Å². The Labute approximate surface area is 191 Å². The third-order valence-corrected chi connectivity index (χ3v) is 6.34. The highest BCUT2D eigenvalue weighted by molar-refractivity contribution is 5.96. The minimum absolute atomic E-state index is 0.0299. The number of benzene rings is 1. The zero-order valence-electron chi connectivity index (χ0n) is 19.2. The van der Waals surface area contributed by atoms with E-state index in [1.807, 2.05) is 24.3 Å². The van der Waals surface area contributed by atoms with E-state index in [1.165, 1.54) is 30.3 Å². The van der Waals surface area contributed by atoms with Gasteiger partial charge in [0.2, 0.25) is 0 Å². The van der Waals surface area contributed by atoms with Gasteiger partial charge in [0.05, 0.1) is 24.1 Å². The van der Waals surface area contributed by atoms with Crippen LogP contribution in [0.25, 0.3) is 11.0 Å². The summed E-state index contributed by atoms with van der Waals surface area (Å²) < 4.78 is 7.60. The molecule has 3 heterocycles. The van der Waals surface area contributed by atoms with Gasteiger partial charge >= 0.3 is 5.69 Å². The molecule has 0 bridgehead atoms. The molecule has 1 aromatic carbocycles. The lowest BCUT2D eigenvalue weighted by Gasteiger charge is -2.35. The van der Waals surface area contributed by atoms with Crippen LogP contribution in [-0.2, 0) is 14.1 Å². The predicted molar refractivity (Wildman–Crippen MR) is 126 cm³/mol. The van der Waals surface area contributed by atoms with E-state index in [2.05, 4.69) is 15.2 Å². The van der Waals surface area contributed by atoms with Crippen molar-refractivity contribution in [2.24, 2.45) is 14.1 Å². The molecule has 1 saturated heterocycles. The van der Waals surface area contributed by atoms with Crippen molar-refractivity contribution in [2.45, 2.75) is 25.3 Å². The average molecular weight is 452 g/mol. The first-order chi connectivity index (χ1) is 15.9. The molecule has 174 valence electrons. The van der Waals surface area contributed by atoms with Gasteiger partial charge in [-0.1, -0.05) is 18.6 Å². The smallest absolute Gasteiger partial charge is 0.332 e. The fraction of sp³-hybridized carbons (Fsp3) is 0.417. The lowest BCUT2D eigenvalue weighted by Crippen LogP contribution is -2.41. The van der Waals surface area contributed by atoms with Crippen molar-refractivity contribution in [3.63, 3.8) is 0 Å². The number of nitrogens with one attached hydrogen (secondary N) is 1. The normalized spacial score (nSPS) is 15.4. The molecule has 9 nitrogen and oxygen atoms in total. The number of pyridine rings is 1. The van der Waals surface area contributed by atoms with Gasteiger partial charge in [-0.3, -0.25) is 23.6 Å². The fourth-order valence-electron chi connectivity index (χ4n) is 4.39. The minimum atomic E-state index is -0.473. The maximum atomic E-state index is 13.0. The van der Waals surface area contributed by atoms with Crippen molar-refractivity contribution >= 4 is 16.9 Å². The summed E-state index contributed by atoms with van der Waals surface area (Å²) in [7, 11) is 4.60. The number of fused-ring (bicyclic) bond motifs is 1. The molecule has 1 fully saturated rings. The average Bonchev–Trinajstić information content (AvgIpc) is 2.86. The number of amides is 1. The molecule has 1 atom stereocenters. The summed E-state index contributed by atoms with van der Waals surface area (Å²) in [5.41, 5.74) is 0.716. The lowest BCUT2D eigenvalue weighted by atomic mass is 10.0. The van der Waals surface area contributed by atoms with Crippen molar-refractivity contribution in [1.29, 1.82) is 0 Å². The molecular formula is C24H29N5O4. The molecule has 0 aliphatic carbocycles. The van der Waals surface area contributed by atoms with Crippen LogP contribution >= 0.6 is 0 Å². The number of hydrogen-bond acceptors (Lipinski definition) is 6. The highest BCUT2D eigenvalue weighted by atomic mass is 16.5. The van der Waals surface area contributed by atoms with Crippen LogP contribution in [0.3, 0.4) is 0 Å². The molecule has 4 rings (SSSR count). The molecule has 0 spiro atoms. The molecule has 1 amide bonds. The van der Waals surface area contributed by atoms with E-state index in [9.17, 15) is 14.4 Å². The Hall–Kier alpha value is -3.46. The van der Waals surface area contributed by atoms with Gasteiger partial charge < -0.3 is 10.1 Å². The number of ether oxygens (including phenoxy) is 1. The van der Waals surface area contributed by atoms with E-state index in [1.54, 1.807) is 14.2 Å². The number of nitrogens with zero attached hydrogens (tertiary/aromatic N) is 4. The maximum absolute atomic E-state index is 13.0. The van der Waals surface area contributed by atoms with Gasteiger partial charge in [0.15, 0.2) is 0 Å². The van der Waals surface area contributed by atoms with Gasteiger partial charge in [-0.05, 0) is 49.7 Å². The molecule has 2 aromatic heterocycles. The van der Waals surface area contributed by atoms with E-state index in [0.29, 0.717) is 6.54 Å². The topological polar surface area (TPSA) is 98.5 Å². The second-order valence-corrected chi connectivity index (χ2v) is 8.40. The third-order valence-electron chi connectivity index (χ3n) is 6.34. The number of piperidine rings is 1. The van der Waals surface area contributed by atoms with E-state index < -0.39 is 11.2 Å². The van der Waals surface area contributed by atoms with Crippen molar-refractivity contribution < 1.29 is 9.53 Å². The Morgan fingerprint density at radius 3 is 2.45 bits per heavy atom. The summed E-state index contributed by atoms with van der Waals surface area (Å²) >= 11 is 0. The second-order valence-electron chi connectivity index (χ2n) is 8.40. The summed E-state index contributed by atoms with van der Waals surface area (Å²) in [6.07, 6.45) is 4.90. The Balaban J connectivity index is 1.58. The van der Waals surface area contributed by atoms with Gasteiger partial charge in [-0.2, -0.15) is 0 Å². The van der Waals surface area contributed by atoms with Crippen molar-refractivity contribution in [3.8, 4) is 5.75 Å². The van der Waals surface area contributed by atoms with Crippen molar-refractivity contribution in [3.05, 3.63) is 68.5 Å². The molecule has 0 unspecified atom stereocenters. The van der Waals surface area contributed by atoms with Crippen LogP contribution in [0, 0.1) is 0 Å². The lowest BCUT2D eigenvalue weighted by molar-refractivity contribution is 0.0924. The Kier molecular flexibility index (Phi) is 6.60. The van der Waals surface area contributed by atoms with Gasteiger partial charge in [0.1, 0.15) is 11.4 Å². The summed E-state index contributed by atoms with van der Waals surface area (Å²) in [4.78, 5) is 44.3. The van der Waals surface area contributed by atoms with Crippen molar-refractivity contribution in [1.82, 2.24) is 24.3 Å². The molecule has 3 aromatic rings. The summed E-state index contributed by atoms with van der Waals surface area (Å²) in [5.74, 6) is 0.481. The standard InChI is InChI=1S/C24H29N5O4/c1-27-21-19(23(31)28(2)24(27)32)13-17(14-25-21)22(30)26-15-20(29-11-5-4-6-12-29)16-7-9-18(33-3)10-8-16/h7-10,13-14,20H,4-6,11-12,15H2,1-3H3,(H,26,30)/t20-/m0/s1. The van der Waals surface area contributed by atoms with E-state index in [4.69, 9.17) is 4.74 Å². The molecule has 0 saturated carbocycles. The first-order valence-electron chi connectivity index (χ1n) is 11.1. The highest BCUT2D eigenvalue weighted by Crippen LogP contribution is 2.26. The first-order valence-corrected chi connectivity index (χ1v) is 11.1. The number of hydrogen-bond donors (Lipinski definition) is 1. The number of carbonyl (C=O) groups is 1. The van der Waals surface area contributed by atoms with Crippen LogP contribution < -0.4 is 21.3 Å². The fourth-order valence-corrected chi connectivity index (χ4v) is 4.39. The number of likely N-dealkylation sites (tertiary alicyclic amines) is 1. The second kappa shape index (κ2) is 9.58. The van der Waals surface area contributed by atoms with Gasteiger partial charge in [0, 0.05) is 26.8 Å². The molecule has 1 N–H and O–H groups in total. The zero-order chi connectivity index (χ0) is 23.5. The van der Waals surface area contributed by atoms with Gasteiger partial charge in [-0.15, -0.1) is 0 Å². The summed E-state index contributed by atoms with van der Waals surface area (Å²) in [6, 6.07) is 9.46. The maximum Gasteiger partial charge on any atom is 0.332 e. The Morgan fingerprint density at radius 2 is 1.79 bits per heavy atom. The molecule has 1 aliphatic rings. The monoisotopic (exact) mass is 451 g/mol. The van der Waals surface area contributed by atoms with Crippen molar-refractivity contribution in [2.75, 3.05) is 26.7 Å². The van der Waals surface area contributed by atoms with Gasteiger partial charge in [0.25, 0.3) is 11.5 Å². The quantitative estimate of drug-likeness (QED) is 0.611. The number of rotatable bonds is 6. The number of carbonyl (C=O) groups excluding carboxylic acids is 1. The molecular weight excluding hydrogens is 422 g/mol. The first kappa shape index (κ1) is 22.7. The number of aryl methyl sites for hydroxylation is 1. The molecule has 9 heteroatoms. The highest BCUT2D eigenvalue weighted by Gasteiger charge is 2.23. The summed E-state index contributed by atoms with van der Waals surface area (Å²) in [6.45, 7) is 2.39. The largest absolute Gasteiger partial charge is 0.497 e. The Bertz CT molecular complexity index is 1270. The van der Waals surface area contributed by atoms with E-state index >= 15 is 0 Å². The van der Waals surface area contributed by atoms with Crippen LogP contribution in [0.15, 0.2) is 46.1 Å². The third kappa shape index (κ3) is 4.54. The van der Waals surface area contributed by atoms with Crippen LogP contribution in [0.2, 0.25) is 0 Å². The van der Waals surface area contributed by atoms with Crippen LogP contribution in [-0.4, -0.2) is 51.7 Å². The SMILES string of the molecule is COc1ccc([C@H](CNC(=O)c2cnc3c(c2)c(=O)n(C)c(=O)n3C)N2CCCCC2)cc1. The molecule has 33 heavy (non-hydrogen) atoms. The molecule has 0 radical (unpaired) electrons. The van der Waals surface area contributed by atoms with Crippen LogP contribution in [0.4, 0.5) is 0 Å². The number of aromatic nitrogens is 3. The van der Waals surface area contributed by atoms with E-state index in [-0.39, 0.29) is 28.5 Å². The molecule has 1 aliphatic heterocycles. The number of methoxy groups -OCH3 is 1. The van der Waals surface area contributed by atoms with Crippen LogP contribution in [0.1, 0.15) is 41.2 Å². The zero-order valence-corrected chi connectivity index (χ0v) is 19.2. The van der Waals surface area contributed by atoms with Gasteiger partial charge in [-0.25, -0.2) is 9.78 Å². The minimum Gasteiger partial charge on any atom is -0.497 e. The van der Waals surface area contributed by atoms with E-state index in [0.717, 1.165) is 41.8 Å². The Morgan fingerprint density at radius 1 is 1.09 bits per heavy atom.